The summed E-state index contributed by atoms with van der Waals surface area (Å²) in [6, 6.07) is 6.83. The van der Waals surface area contributed by atoms with Crippen molar-refractivity contribution in [2.75, 3.05) is 17.0 Å². The monoisotopic (exact) mass is 290 g/mol. The molecule has 0 radical (unpaired) electrons. The highest BCUT2D eigenvalue weighted by Gasteiger charge is 2.09. The number of alkyl halides is 1. The van der Waals surface area contributed by atoms with Crippen LogP contribution in [0.25, 0.3) is 0 Å². The molecule has 0 saturated heterocycles. The number of sulfonamides is 1. The predicted molar refractivity (Wildman–Crippen MR) is 71.9 cm³/mol. The van der Waals surface area contributed by atoms with Crippen LogP contribution in [0.4, 0.5) is 5.69 Å². The van der Waals surface area contributed by atoms with Crippen LogP contribution in [0.2, 0.25) is 0 Å². The Morgan fingerprint density at radius 1 is 1.44 bits per heavy atom. The molecule has 0 aromatic heterocycles. The predicted octanol–water partition coefficient (Wildman–Crippen LogP) is 1.60. The molecule has 100 valence electrons. The van der Waals surface area contributed by atoms with Crippen molar-refractivity contribution in [3.8, 4) is 0 Å². The first-order valence-corrected chi connectivity index (χ1v) is 7.40. The van der Waals surface area contributed by atoms with Crippen molar-refractivity contribution in [2.45, 2.75) is 13.5 Å². The molecule has 0 fully saturated rings. The van der Waals surface area contributed by atoms with Crippen molar-refractivity contribution < 1.29 is 13.2 Å². The minimum atomic E-state index is -3.50. The Hall–Kier alpha value is -1.27. The van der Waals surface area contributed by atoms with Gasteiger partial charge in [-0.2, -0.15) is 0 Å². The van der Waals surface area contributed by atoms with E-state index in [2.05, 4.69) is 4.72 Å². The number of nitrogens with one attached hydrogen (secondary N) is 1. The molecular weight excluding hydrogens is 276 g/mol. The van der Waals surface area contributed by atoms with E-state index in [1.54, 1.807) is 25.2 Å². The molecule has 0 aliphatic heterocycles. The Morgan fingerprint density at radius 3 is 2.67 bits per heavy atom. The number of benzene rings is 1. The third kappa shape index (κ3) is 4.54. The zero-order valence-corrected chi connectivity index (χ0v) is 11.8. The van der Waals surface area contributed by atoms with Gasteiger partial charge in [0, 0.05) is 26.2 Å². The van der Waals surface area contributed by atoms with E-state index in [9.17, 15) is 13.2 Å². The summed E-state index contributed by atoms with van der Waals surface area (Å²) in [6.07, 6.45) is 0. The summed E-state index contributed by atoms with van der Waals surface area (Å²) in [5.74, 6) is -0.0539. The summed E-state index contributed by atoms with van der Waals surface area (Å²) in [6.45, 7) is 1.89. The first kappa shape index (κ1) is 14.8. The highest BCUT2D eigenvalue weighted by atomic mass is 35.5. The first-order valence-electron chi connectivity index (χ1n) is 5.21. The van der Waals surface area contributed by atoms with Crippen LogP contribution in [0.1, 0.15) is 12.5 Å². The van der Waals surface area contributed by atoms with Gasteiger partial charge in [-0.3, -0.25) is 9.52 Å². The van der Waals surface area contributed by atoms with Gasteiger partial charge in [0.15, 0.2) is 0 Å². The number of anilines is 1. The number of rotatable bonds is 5. The molecule has 1 aromatic rings. The summed E-state index contributed by atoms with van der Waals surface area (Å²) in [5.41, 5.74) is 1.27. The molecule has 0 saturated carbocycles. The molecule has 0 unspecified atom stereocenters. The summed E-state index contributed by atoms with van der Waals surface area (Å²) < 4.78 is 25.0. The Balaban J connectivity index is 2.83. The molecule has 0 spiro atoms. The Bertz CT molecular complexity index is 531. The van der Waals surface area contributed by atoms with E-state index in [1.165, 1.54) is 11.8 Å². The molecule has 1 amide bonds. The maximum Gasteiger partial charge on any atom is 0.246 e. The summed E-state index contributed by atoms with van der Waals surface area (Å²) in [5, 5.41) is -0.495. The van der Waals surface area contributed by atoms with E-state index >= 15 is 0 Å². The van der Waals surface area contributed by atoms with E-state index in [4.69, 9.17) is 11.6 Å². The molecule has 0 aliphatic rings. The molecule has 1 N–H and O–H groups in total. The van der Waals surface area contributed by atoms with Crippen molar-refractivity contribution in [2.24, 2.45) is 0 Å². The van der Waals surface area contributed by atoms with Crippen molar-refractivity contribution in [1.29, 1.82) is 0 Å². The fourth-order valence-corrected chi connectivity index (χ4v) is 2.03. The average Bonchev–Trinajstić information content (AvgIpc) is 2.28. The van der Waals surface area contributed by atoms with E-state index in [-0.39, 0.29) is 5.91 Å². The third-order valence-electron chi connectivity index (χ3n) is 2.30. The van der Waals surface area contributed by atoms with Crippen LogP contribution in [0, 0.1) is 0 Å². The smallest absolute Gasteiger partial charge is 0.246 e. The Labute approximate surface area is 112 Å². The zero-order chi connectivity index (χ0) is 13.8. The molecule has 0 bridgehead atoms. The largest absolute Gasteiger partial charge is 0.342 e. The van der Waals surface area contributed by atoms with Crippen LogP contribution < -0.4 is 4.72 Å². The lowest BCUT2D eigenvalue weighted by Crippen LogP contribution is -2.23. The molecule has 1 rings (SSSR count). The Morgan fingerprint density at radius 2 is 2.11 bits per heavy atom. The lowest BCUT2D eigenvalue weighted by atomic mass is 10.2. The highest BCUT2D eigenvalue weighted by Crippen LogP contribution is 2.14. The maximum atomic E-state index is 11.3. The van der Waals surface area contributed by atoms with Gasteiger partial charge in [0.25, 0.3) is 0 Å². The van der Waals surface area contributed by atoms with Crippen molar-refractivity contribution >= 4 is 33.2 Å². The SMILES string of the molecule is CC(=O)N(C)Cc1cccc(NS(=O)(=O)CCl)c1. The lowest BCUT2D eigenvalue weighted by Gasteiger charge is -2.15. The van der Waals surface area contributed by atoms with Gasteiger partial charge >= 0.3 is 0 Å². The van der Waals surface area contributed by atoms with Crippen LogP contribution in [-0.2, 0) is 21.4 Å². The second-order valence-corrected chi connectivity index (χ2v) is 6.21. The summed E-state index contributed by atoms with van der Waals surface area (Å²) in [7, 11) is -1.82. The quantitative estimate of drug-likeness (QED) is 0.838. The van der Waals surface area contributed by atoms with Gasteiger partial charge in [-0.15, -0.1) is 11.6 Å². The standard InChI is InChI=1S/C11H15ClN2O3S/c1-9(15)14(2)7-10-4-3-5-11(6-10)13-18(16,17)8-12/h3-6,13H,7-8H2,1-2H3. The molecular formula is C11H15ClN2O3S. The molecule has 7 heteroatoms. The minimum Gasteiger partial charge on any atom is -0.342 e. The van der Waals surface area contributed by atoms with Gasteiger partial charge in [-0.1, -0.05) is 12.1 Å². The molecule has 5 nitrogen and oxygen atoms in total. The van der Waals surface area contributed by atoms with Crippen molar-refractivity contribution in [3.63, 3.8) is 0 Å². The third-order valence-corrected chi connectivity index (χ3v) is 4.00. The number of halogens is 1. The molecule has 0 atom stereocenters. The van der Waals surface area contributed by atoms with Crippen molar-refractivity contribution in [3.05, 3.63) is 29.8 Å². The summed E-state index contributed by atoms with van der Waals surface area (Å²) in [4.78, 5) is 12.6. The fraction of sp³-hybridized carbons (Fsp3) is 0.364. The van der Waals surface area contributed by atoms with Crippen LogP contribution >= 0.6 is 11.6 Å². The zero-order valence-electron chi connectivity index (χ0n) is 10.2. The minimum absolute atomic E-state index is 0.0539. The van der Waals surface area contributed by atoms with Gasteiger partial charge in [0.2, 0.25) is 15.9 Å². The van der Waals surface area contributed by atoms with E-state index in [0.29, 0.717) is 12.2 Å². The number of carbonyl (C=O) groups is 1. The van der Waals surface area contributed by atoms with Gasteiger partial charge < -0.3 is 4.90 Å². The molecule has 0 heterocycles. The van der Waals surface area contributed by atoms with Gasteiger partial charge in [0.05, 0.1) is 0 Å². The number of hydrogen-bond acceptors (Lipinski definition) is 3. The summed E-state index contributed by atoms with van der Waals surface area (Å²) >= 11 is 5.31. The van der Waals surface area contributed by atoms with Crippen molar-refractivity contribution in [1.82, 2.24) is 4.90 Å². The first-order chi connectivity index (χ1) is 8.34. The maximum absolute atomic E-state index is 11.3. The van der Waals surface area contributed by atoms with Gasteiger partial charge in [0.1, 0.15) is 5.21 Å². The molecule has 0 aliphatic carbocycles. The van der Waals surface area contributed by atoms with E-state index in [1.807, 2.05) is 6.07 Å². The van der Waals surface area contributed by atoms with Crippen LogP contribution in [0.3, 0.4) is 0 Å². The number of carbonyl (C=O) groups excluding carboxylic acids is 1. The normalized spacial score (nSPS) is 11.1. The van der Waals surface area contributed by atoms with Crippen LogP contribution in [0.5, 0.6) is 0 Å². The lowest BCUT2D eigenvalue weighted by molar-refractivity contribution is -0.128. The second kappa shape index (κ2) is 6.06. The number of amides is 1. The number of hydrogen-bond donors (Lipinski definition) is 1. The Kier molecular flexibility index (Phi) is 4.98. The highest BCUT2D eigenvalue weighted by molar-refractivity contribution is 7.93. The van der Waals surface area contributed by atoms with Crippen LogP contribution in [0.15, 0.2) is 24.3 Å². The second-order valence-electron chi connectivity index (χ2n) is 3.90. The average molecular weight is 291 g/mol. The molecule has 18 heavy (non-hydrogen) atoms. The fourth-order valence-electron chi connectivity index (χ4n) is 1.33. The molecule has 1 aromatic carbocycles. The van der Waals surface area contributed by atoms with E-state index in [0.717, 1.165) is 5.56 Å². The number of nitrogens with zero attached hydrogens (tertiary/aromatic N) is 1. The van der Waals surface area contributed by atoms with Gasteiger partial charge in [-0.25, -0.2) is 8.42 Å². The van der Waals surface area contributed by atoms with Gasteiger partial charge in [-0.05, 0) is 17.7 Å². The van der Waals surface area contributed by atoms with E-state index < -0.39 is 15.2 Å². The topological polar surface area (TPSA) is 66.5 Å². The van der Waals surface area contributed by atoms with Crippen LogP contribution in [-0.4, -0.2) is 31.5 Å².